The number of carbonyl (C=O) groups excluding carboxylic acids is 6. The highest BCUT2D eigenvalue weighted by molar-refractivity contribution is 6.01. The van der Waals surface area contributed by atoms with Gasteiger partial charge in [-0.3, -0.25) is 24.0 Å². The summed E-state index contributed by atoms with van der Waals surface area (Å²) in [6.07, 6.45) is -1.86. The summed E-state index contributed by atoms with van der Waals surface area (Å²) in [5.74, 6) is -4.74. The maximum absolute atomic E-state index is 14.0. The van der Waals surface area contributed by atoms with E-state index in [9.17, 15) is 39.0 Å². The van der Waals surface area contributed by atoms with Crippen molar-refractivity contribution < 1.29 is 67.4 Å². The molecule has 1 saturated heterocycles. The first kappa shape index (κ1) is 35.8. The Bertz CT molecular complexity index is 1430. The fourth-order valence-corrected chi connectivity index (χ4v) is 9.28. The third-order valence-electron chi connectivity index (χ3n) is 11.3. The lowest BCUT2D eigenvalue weighted by molar-refractivity contribution is -0.300. The summed E-state index contributed by atoms with van der Waals surface area (Å²) in [6.45, 7) is 6.25. The van der Waals surface area contributed by atoms with E-state index >= 15 is 0 Å². The van der Waals surface area contributed by atoms with Gasteiger partial charge in [-0.2, -0.15) is 0 Å². The highest BCUT2D eigenvalue weighted by Crippen LogP contribution is 2.67. The van der Waals surface area contributed by atoms with Crippen LogP contribution < -0.4 is 0 Å². The fourth-order valence-electron chi connectivity index (χ4n) is 9.28. The summed E-state index contributed by atoms with van der Waals surface area (Å²) < 4.78 is 32.3. The molecule has 1 heterocycles. The maximum atomic E-state index is 14.0. The van der Waals surface area contributed by atoms with Gasteiger partial charge >= 0.3 is 23.9 Å². The zero-order chi connectivity index (χ0) is 35.3. The minimum atomic E-state index is -1.91. The van der Waals surface area contributed by atoms with Gasteiger partial charge in [-0.15, -0.1) is 0 Å². The smallest absolute Gasteiger partial charge is 0.339 e. The number of allylic oxidation sites excluding steroid dienone is 4. The zero-order valence-corrected chi connectivity index (χ0v) is 28.0. The fraction of sp³-hybridized carbons (Fsp3) is 0.706. The van der Waals surface area contributed by atoms with Crippen LogP contribution in [0.4, 0.5) is 0 Å². The molecule has 0 radical (unpaired) electrons. The van der Waals surface area contributed by atoms with E-state index in [2.05, 4.69) is 0 Å². The Morgan fingerprint density at radius 1 is 0.958 bits per heavy atom. The average molecular weight is 677 g/mol. The molecular formula is C34H44O14. The van der Waals surface area contributed by atoms with E-state index < -0.39 is 89.5 Å². The summed E-state index contributed by atoms with van der Waals surface area (Å²) in [5, 5.41) is 23.8. The summed E-state index contributed by atoms with van der Waals surface area (Å²) in [6, 6.07) is 0. The van der Waals surface area contributed by atoms with Gasteiger partial charge in [0.2, 0.25) is 0 Å². The van der Waals surface area contributed by atoms with E-state index in [1.807, 2.05) is 19.9 Å². The van der Waals surface area contributed by atoms with E-state index in [1.165, 1.54) is 0 Å². The normalized spacial score (nSPS) is 41.5. The molecule has 14 nitrogen and oxygen atoms in total. The van der Waals surface area contributed by atoms with Crippen molar-refractivity contribution >= 4 is 35.4 Å². The van der Waals surface area contributed by atoms with Crippen LogP contribution in [-0.2, 0) is 57.2 Å². The van der Waals surface area contributed by atoms with Crippen molar-refractivity contribution in [1.29, 1.82) is 0 Å². The lowest BCUT2D eigenvalue weighted by Gasteiger charge is -2.59. The Morgan fingerprint density at radius 2 is 1.58 bits per heavy atom. The number of aliphatic hydroxyl groups excluding tert-OH is 1. The average Bonchev–Trinajstić information content (AvgIpc) is 3.27. The summed E-state index contributed by atoms with van der Waals surface area (Å²) in [5.41, 5.74) is -2.48. The number of rotatable bonds is 8. The predicted molar refractivity (Wildman–Crippen MR) is 161 cm³/mol. The molecule has 3 saturated carbocycles. The van der Waals surface area contributed by atoms with Crippen LogP contribution in [0.25, 0.3) is 0 Å². The molecule has 4 aliphatic carbocycles. The highest BCUT2D eigenvalue weighted by atomic mass is 16.7. The minimum Gasteiger partial charge on any atom is -0.467 e. The van der Waals surface area contributed by atoms with Gasteiger partial charge < -0.3 is 38.6 Å². The second kappa shape index (κ2) is 13.1. The van der Waals surface area contributed by atoms with Gasteiger partial charge in [-0.05, 0) is 56.1 Å². The van der Waals surface area contributed by atoms with E-state index in [-0.39, 0.29) is 36.4 Å². The molecule has 5 aliphatic rings. The summed E-state index contributed by atoms with van der Waals surface area (Å²) in [4.78, 5) is 75.0. The Balaban J connectivity index is 1.39. The van der Waals surface area contributed by atoms with E-state index in [1.54, 1.807) is 12.2 Å². The molecule has 1 aliphatic heterocycles. The number of Topliss-reactive ketones (excluding diaryl/α,β-unsaturated/α-hetero) is 1. The maximum Gasteiger partial charge on any atom is 0.339 e. The molecule has 264 valence electrons. The molecule has 0 aromatic rings. The molecule has 12 atom stereocenters. The van der Waals surface area contributed by atoms with Crippen molar-refractivity contribution in [2.75, 3.05) is 13.7 Å². The molecule has 0 aromatic heterocycles. The second-order valence-electron chi connectivity index (χ2n) is 14.0. The number of carbonyl (C=O) groups is 6. The standard InChI is InChI=1S/C34H44O14/c1-16(35)45-26-27(46-17(2)36)29(47-18(3)37)31(48-28(26)30(41)43-6)44-15-24(40)34(42)12-10-22-21-8-7-19-13-20(38)9-11-32(19,4)25(21)23(39)14-33(22,34)5/h9,11,13,21-23,25-29,31,39,42H,7-8,10,12,14-15H2,1-6H3/t21-,22-,23+,25+,26-,27-,28-,29+,31+,32+,33-,34-/m1/s1. The Kier molecular flexibility index (Phi) is 9.78. The molecule has 14 heteroatoms. The van der Waals surface area contributed by atoms with Gasteiger partial charge in [0.25, 0.3) is 0 Å². The van der Waals surface area contributed by atoms with Crippen LogP contribution in [-0.4, -0.2) is 102 Å². The number of ketones is 2. The number of aliphatic hydroxyl groups is 2. The number of hydrogen-bond acceptors (Lipinski definition) is 14. The Hall–Kier alpha value is -3.46. The summed E-state index contributed by atoms with van der Waals surface area (Å²) >= 11 is 0. The van der Waals surface area contributed by atoms with Gasteiger partial charge in [0.15, 0.2) is 42.3 Å². The van der Waals surface area contributed by atoms with Crippen LogP contribution in [0.5, 0.6) is 0 Å². The van der Waals surface area contributed by atoms with Crippen LogP contribution in [0, 0.1) is 28.6 Å². The number of ether oxygens (including phenoxy) is 6. The van der Waals surface area contributed by atoms with Gasteiger partial charge in [0.05, 0.1) is 13.2 Å². The van der Waals surface area contributed by atoms with Crippen LogP contribution in [0.1, 0.15) is 66.7 Å². The Labute approximate surface area is 278 Å². The number of hydrogen-bond donors (Lipinski definition) is 2. The number of methoxy groups -OCH3 is 1. The largest absolute Gasteiger partial charge is 0.467 e. The van der Waals surface area contributed by atoms with Crippen LogP contribution in [0.15, 0.2) is 23.8 Å². The molecule has 0 spiro atoms. The molecule has 48 heavy (non-hydrogen) atoms. The van der Waals surface area contributed by atoms with E-state index in [4.69, 9.17) is 28.4 Å². The monoisotopic (exact) mass is 676 g/mol. The van der Waals surface area contributed by atoms with Crippen molar-refractivity contribution in [2.45, 2.75) is 109 Å². The first-order valence-electron chi connectivity index (χ1n) is 16.2. The molecule has 2 N–H and O–H groups in total. The SMILES string of the molecule is COC(=O)[C@@H]1O[C@H](OCC(=O)[C@]2(O)CC[C@@H]3[C@H]4CCC5=CC(=O)C=C[C@]5(C)[C@@H]4[C@@H](O)C[C@]32C)[C@@H](OC(C)=O)[C@H](OC(C)=O)[C@H]1OC(C)=O. The summed E-state index contributed by atoms with van der Waals surface area (Å²) in [7, 11) is 1.05. The van der Waals surface area contributed by atoms with E-state index in [0.717, 1.165) is 33.5 Å². The van der Waals surface area contributed by atoms with Crippen molar-refractivity contribution in [3.05, 3.63) is 23.8 Å². The quantitative estimate of drug-likeness (QED) is 0.275. The van der Waals surface area contributed by atoms with Gasteiger partial charge in [-0.25, -0.2) is 4.79 Å². The molecule has 0 bridgehead atoms. The van der Waals surface area contributed by atoms with Crippen LogP contribution >= 0.6 is 0 Å². The second-order valence-corrected chi connectivity index (χ2v) is 14.0. The molecule has 5 rings (SSSR count). The first-order valence-corrected chi connectivity index (χ1v) is 16.2. The number of esters is 4. The van der Waals surface area contributed by atoms with E-state index in [0.29, 0.717) is 19.3 Å². The topological polar surface area (TPSA) is 198 Å². The molecule has 4 fully saturated rings. The lowest BCUT2D eigenvalue weighted by Crippen LogP contribution is -2.64. The lowest BCUT2D eigenvalue weighted by atomic mass is 9.46. The molecule has 0 aromatic carbocycles. The van der Waals surface area contributed by atoms with Gasteiger partial charge in [0.1, 0.15) is 12.2 Å². The molecule has 0 amide bonds. The van der Waals surface area contributed by atoms with Gasteiger partial charge in [0, 0.05) is 37.5 Å². The molecule has 0 unspecified atom stereocenters. The van der Waals surface area contributed by atoms with Crippen molar-refractivity contribution in [2.24, 2.45) is 28.6 Å². The van der Waals surface area contributed by atoms with Crippen LogP contribution in [0.2, 0.25) is 0 Å². The third-order valence-corrected chi connectivity index (χ3v) is 11.3. The van der Waals surface area contributed by atoms with Gasteiger partial charge in [-0.1, -0.05) is 25.5 Å². The third kappa shape index (κ3) is 6.01. The first-order chi connectivity index (χ1) is 22.5. The minimum absolute atomic E-state index is 0.0277. The Morgan fingerprint density at radius 3 is 2.21 bits per heavy atom. The van der Waals surface area contributed by atoms with Crippen molar-refractivity contribution in [3.8, 4) is 0 Å². The predicted octanol–water partition coefficient (Wildman–Crippen LogP) is 1.27. The zero-order valence-electron chi connectivity index (χ0n) is 28.0. The van der Waals surface area contributed by atoms with Crippen molar-refractivity contribution in [3.63, 3.8) is 0 Å². The number of fused-ring (bicyclic) bond motifs is 5. The van der Waals surface area contributed by atoms with Crippen LogP contribution in [0.3, 0.4) is 0 Å². The highest BCUT2D eigenvalue weighted by Gasteiger charge is 2.68. The molecular weight excluding hydrogens is 632 g/mol. The van der Waals surface area contributed by atoms with Crippen molar-refractivity contribution in [1.82, 2.24) is 0 Å².